The predicted octanol–water partition coefficient (Wildman–Crippen LogP) is 3.44. The highest BCUT2D eigenvalue weighted by Gasteiger charge is 2.33. The standard InChI is InChI=1S/C15H15ClF3NO3/c1-23-14(22)3-2-8-20-13(21)7-5-10-4-6-12(16)11(9-10)15(17,18)19/h4-7,9H,2-3,8H2,1H3,(H,20,21)/b7-5+. The van der Waals surface area contributed by atoms with Crippen molar-refractivity contribution in [1.29, 1.82) is 0 Å². The van der Waals surface area contributed by atoms with E-state index in [0.717, 1.165) is 18.2 Å². The van der Waals surface area contributed by atoms with E-state index in [-0.39, 0.29) is 24.5 Å². The van der Waals surface area contributed by atoms with Crippen LogP contribution in [0.1, 0.15) is 24.0 Å². The van der Waals surface area contributed by atoms with Crippen LogP contribution in [0.5, 0.6) is 0 Å². The van der Waals surface area contributed by atoms with Gasteiger partial charge in [-0.25, -0.2) is 0 Å². The van der Waals surface area contributed by atoms with Gasteiger partial charge in [0.05, 0.1) is 17.7 Å². The van der Waals surface area contributed by atoms with Crippen molar-refractivity contribution in [2.75, 3.05) is 13.7 Å². The number of ether oxygens (including phenoxy) is 1. The molecule has 0 saturated carbocycles. The van der Waals surface area contributed by atoms with E-state index >= 15 is 0 Å². The molecule has 0 radical (unpaired) electrons. The minimum Gasteiger partial charge on any atom is -0.469 e. The van der Waals surface area contributed by atoms with E-state index in [1.807, 2.05) is 0 Å². The molecule has 1 rings (SSSR count). The second kappa shape index (κ2) is 8.57. The van der Waals surface area contributed by atoms with Gasteiger partial charge in [0.15, 0.2) is 0 Å². The summed E-state index contributed by atoms with van der Waals surface area (Å²) < 4.78 is 42.5. The number of rotatable bonds is 6. The monoisotopic (exact) mass is 349 g/mol. The summed E-state index contributed by atoms with van der Waals surface area (Å²) in [5.74, 6) is -0.853. The SMILES string of the molecule is COC(=O)CCCNC(=O)/C=C/c1ccc(Cl)c(C(F)(F)F)c1. The summed E-state index contributed by atoms with van der Waals surface area (Å²) in [6.45, 7) is 0.257. The number of carbonyl (C=O) groups is 2. The lowest BCUT2D eigenvalue weighted by Crippen LogP contribution is -2.22. The Morgan fingerprint density at radius 1 is 1.35 bits per heavy atom. The van der Waals surface area contributed by atoms with Crippen molar-refractivity contribution in [3.8, 4) is 0 Å². The summed E-state index contributed by atoms with van der Waals surface area (Å²) in [5.41, 5.74) is -0.758. The van der Waals surface area contributed by atoms with Crippen LogP contribution < -0.4 is 5.32 Å². The molecule has 0 aliphatic rings. The first-order valence-electron chi connectivity index (χ1n) is 6.63. The number of nitrogens with one attached hydrogen (secondary N) is 1. The van der Waals surface area contributed by atoms with E-state index in [2.05, 4.69) is 10.1 Å². The van der Waals surface area contributed by atoms with Crippen molar-refractivity contribution in [3.63, 3.8) is 0 Å². The van der Waals surface area contributed by atoms with Crippen molar-refractivity contribution in [2.45, 2.75) is 19.0 Å². The molecule has 4 nitrogen and oxygen atoms in total. The van der Waals surface area contributed by atoms with Crippen molar-refractivity contribution in [1.82, 2.24) is 5.32 Å². The minimum atomic E-state index is -4.56. The van der Waals surface area contributed by atoms with Gasteiger partial charge in [0.1, 0.15) is 0 Å². The number of benzene rings is 1. The Bertz CT molecular complexity index is 600. The largest absolute Gasteiger partial charge is 0.469 e. The van der Waals surface area contributed by atoms with Gasteiger partial charge in [-0.15, -0.1) is 0 Å². The van der Waals surface area contributed by atoms with Crippen LogP contribution >= 0.6 is 11.6 Å². The van der Waals surface area contributed by atoms with Gasteiger partial charge in [0, 0.05) is 19.0 Å². The van der Waals surface area contributed by atoms with Crippen LogP contribution in [0.2, 0.25) is 5.02 Å². The third-order valence-electron chi connectivity index (χ3n) is 2.81. The van der Waals surface area contributed by atoms with Gasteiger partial charge in [-0.2, -0.15) is 13.2 Å². The molecule has 1 aromatic carbocycles. The zero-order chi connectivity index (χ0) is 17.5. The van der Waals surface area contributed by atoms with Gasteiger partial charge in [-0.3, -0.25) is 9.59 Å². The highest BCUT2D eigenvalue weighted by molar-refractivity contribution is 6.31. The summed E-state index contributed by atoms with van der Waals surface area (Å²) in [5, 5.41) is 2.11. The van der Waals surface area contributed by atoms with Crippen molar-refractivity contribution >= 4 is 29.6 Å². The summed E-state index contributed by atoms with van der Waals surface area (Å²) >= 11 is 5.50. The van der Waals surface area contributed by atoms with E-state index in [1.54, 1.807) is 0 Å². The van der Waals surface area contributed by atoms with Gasteiger partial charge in [0.2, 0.25) is 5.91 Å². The second-order valence-electron chi connectivity index (χ2n) is 4.54. The van der Waals surface area contributed by atoms with Crippen LogP contribution in [-0.2, 0) is 20.5 Å². The third kappa shape index (κ3) is 6.73. The van der Waals surface area contributed by atoms with E-state index in [9.17, 15) is 22.8 Å². The molecular formula is C15H15ClF3NO3. The van der Waals surface area contributed by atoms with E-state index < -0.39 is 22.7 Å². The lowest BCUT2D eigenvalue weighted by molar-refractivity contribution is -0.141. The van der Waals surface area contributed by atoms with Gasteiger partial charge in [-0.1, -0.05) is 17.7 Å². The van der Waals surface area contributed by atoms with E-state index in [1.165, 1.54) is 19.3 Å². The van der Waals surface area contributed by atoms with E-state index in [0.29, 0.717) is 6.42 Å². The molecule has 1 aromatic rings. The fraction of sp³-hybridized carbons (Fsp3) is 0.333. The number of carbonyl (C=O) groups excluding carboxylic acids is 2. The lowest BCUT2D eigenvalue weighted by atomic mass is 10.1. The molecule has 0 saturated heterocycles. The molecule has 1 amide bonds. The Kier molecular flexibility index (Phi) is 7.09. The van der Waals surface area contributed by atoms with Crippen LogP contribution in [0, 0.1) is 0 Å². The minimum absolute atomic E-state index is 0.173. The first kappa shape index (κ1) is 19.0. The van der Waals surface area contributed by atoms with Crippen molar-refractivity contribution in [3.05, 3.63) is 40.4 Å². The number of esters is 1. The van der Waals surface area contributed by atoms with Crippen LogP contribution in [0.15, 0.2) is 24.3 Å². The highest BCUT2D eigenvalue weighted by atomic mass is 35.5. The molecule has 126 valence electrons. The summed E-state index contributed by atoms with van der Waals surface area (Å²) in [4.78, 5) is 22.4. The normalized spacial score (nSPS) is 11.5. The molecule has 0 unspecified atom stereocenters. The maximum atomic E-state index is 12.7. The molecule has 1 N–H and O–H groups in total. The Hall–Kier alpha value is -2.02. The fourth-order valence-corrected chi connectivity index (χ4v) is 1.87. The molecule has 0 heterocycles. The van der Waals surface area contributed by atoms with E-state index in [4.69, 9.17) is 11.6 Å². The summed E-state index contributed by atoms with van der Waals surface area (Å²) in [6, 6.07) is 3.36. The smallest absolute Gasteiger partial charge is 0.417 e. The van der Waals surface area contributed by atoms with Crippen molar-refractivity contribution in [2.24, 2.45) is 0 Å². The summed E-state index contributed by atoms with van der Waals surface area (Å²) in [7, 11) is 1.27. The third-order valence-corrected chi connectivity index (χ3v) is 3.14. The quantitative estimate of drug-likeness (QED) is 0.486. The van der Waals surface area contributed by atoms with Crippen molar-refractivity contribution < 1.29 is 27.5 Å². The molecule has 0 aliphatic carbocycles. The number of amides is 1. The second-order valence-corrected chi connectivity index (χ2v) is 4.95. The Morgan fingerprint density at radius 2 is 2.04 bits per heavy atom. The van der Waals surface area contributed by atoms with Gasteiger partial charge >= 0.3 is 12.1 Å². The Morgan fingerprint density at radius 3 is 2.65 bits per heavy atom. The summed E-state index contributed by atoms with van der Waals surface area (Å²) in [6.07, 6.45) is -1.61. The maximum absolute atomic E-state index is 12.7. The molecule has 8 heteroatoms. The van der Waals surface area contributed by atoms with Crippen LogP contribution in [0.25, 0.3) is 6.08 Å². The number of methoxy groups -OCH3 is 1. The first-order valence-corrected chi connectivity index (χ1v) is 7.01. The molecule has 0 fully saturated rings. The molecule has 0 spiro atoms. The van der Waals surface area contributed by atoms with Gasteiger partial charge in [-0.05, 0) is 30.2 Å². The van der Waals surface area contributed by atoms with Crippen LogP contribution in [0.3, 0.4) is 0 Å². The average molecular weight is 350 g/mol. The zero-order valence-corrected chi connectivity index (χ0v) is 13.0. The molecule has 0 bridgehead atoms. The van der Waals surface area contributed by atoms with Crippen LogP contribution in [-0.4, -0.2) is 25.5 Å². The molecule has 0 aromatic heterocycles. The predicted molar refractivity (Wildman–Crippen MR) is 79.7 cm³/mol. The first-order chi connectivity index (χ1) is 10.7. The lowest BCUT2D eigenvalue weighted by Gasteiger charge is -2.09. The zero-order valence-electron chi connectivity index (χ0n) is 12.2. The Labute approximate surface area is 136 Å². The fourth-order valence-electron chi connectivity index (χ4n) is 1.64. The average Bonchev–Trinajstić information content (AvgIpc) is 2.49. The number of alkyl halides is 3. The Balaban J connectivity index is 2.57. The van der Waals surface area contributed by atoms with Gasteiger partial charge < -0.3 is 10.1 Å². The number of hydrogen-bond donors (Lipinski definition) is 1. The van der Waals surface area contributed by atoms with Gasteiger partial charge in [0.25, 0.3) is 0 Å². The number of hydrogen-bond acceptors (Lipinski definition) is 3. The molecule has 23 heavy (non-hydrogen) atoms. The highest BCUT2D eigenvalue weighted by Crippen LogP contribution is 2.35. The maximum Gasteiger partial charge on any atom is 0.417 e. The topological polar surface area (TPSA) is 55.4 Å². The molecule has 0 aliphatic heterocycles. The van der Waals surface area contributed by atoms with Crippen LogP contribution in [0.4, 0.5) is 13.2 Å². The molecular weight excluding hydrogens is 335 g/mol. The number of halogens is 4. The molecule has 0 atom stereocenters.